The highest BCUT2D eigenvalue weighted by Gasteiger charge is 2.08. The Bertz CT molecular complexity index is 102. The van der Waals surface area contributed by atoms with Gasteiger partial charge < -0.3 is 4.84 Å². The smallest absolute Gasteiger partial charge is 0.117 e. The Morgan fingerprint density at radius 2 is 2.10 bits per heavy atom. The van der Waals surface area contributed by atoms with Crippen molar-refractivity contribution >= 4 is 6.21 Å². The molecule has 2 nitrogen and oxygen atoms in total. The predicted molar refractivity (Wildman–Crippen MR) is 43.9 cm³/mol. The third-order valence-corrected chi connectivity index (χ3v) is 1.09. The topological polar surface area (TPSA) is 21.6 Å². The average Bonchev–Trinajstić information content (AvgIpc) is 1.78. The van der Waals surface area contributed by atoms with Crippen molar-refractivity contribution in [2.24, 2.45) is 10.6 Å². The second-order valence-electron chi connectivity index (χ2n) is 3.43. The van der Waals surface area contributed by atoms with Gasteiger partial charge in [-0.15, -0.1) is 0 Å². The molecular weight excluding hydrogens is 126 g/mol. The Morgan fingerprint density at radius 1 is 1.50 bits per heavy atom. The van der Waals surface area contributed by atoms with Crippen LogP contribution in [0.1, 0.15) is 27.2 Å². The quantitative estimate of drug-likeness (QED) is 0.336. The zero-order valence-corrected chi connectivity index (χ0v) is 7.05. The fourth-order valence-corrected chi connectivity index (χ4v) is 0.457. The van der Waals surface area contributed by atoms with E-state index in [0.29, 0.717) is 12.0 Å². The number of hydrogen-bond donors (Lipinski definition) is 0. The summed E-state index contributed by atoms with van der Waals surface area (Å²) in [5.41, 5.74) is 0.330. The lowest BCUT2D eigenvalue weighted by Gasteiger charge is -2.15. The minimum atomic E-state index is 0.330. The van der Waals surface area contributed by atoms with Gasteiger partial charge in [0.1, 0.15) is 6.61 Å². The van der Waals surface area contributed by atoms with E-state index in [0.717, 1.165) is 6.42 Å². The molecular formula is C8H16NO. The van der Waals surface area contributed by atoms with Crippen molar-refractivity contribution in [1.29, 1.82) is 0 Å². The molecule has 0 fully saturated rings. The molecule has 1 radical (unpaired) electrons. The molecule has 0 aliphatic carbocycles. The average molecular weight is 142 g/mol. The summed E-state index contributed by atoms with van der Waals surface area (Å²) >= 11 is 0. The van der Waals surface area contributed by atoms with Gasteiger partial charge in [-0.2, -0.15) is 0 Å². The summed E-state index contributed by atoms with van der Waals surface area (Å²) in [7, 11) is 0. The largest absolute Gasteiger partial charge is 0.396 e. The van der Waals surface area contributed by atoms with Gasteiger partial charge in [0, 0.05) is 6.21 Å². The van der Waals surface area contributed by atoms with Gasteiger partial charge in [0.2, 0.25) is 0 Å². The molecule has 0 bridgehead atoms. The Balaban J connectivity index is 3.20. The molecule has 10 heavy (non-hydrogen) atoms. The minimum absolute atomic E-state index is 0.330. The van der Waals surface area contributed by atoms with Gasteiger partial charge in [-0.25, -0.2) is 0 Å². The zero-order chi connectivity index (χ0) is 8.04. The summed E-state index contributed by atoms with van der Waals surface area (Å²) < 4.78 is 0. The van der Waals surface area contributed by atoms with Gasteiger partial charge in [-0.05, 0) is 18.8 Å². The lowest BCUT2D eigenvalue weighted by molar-refractivity contribution is 0.117. The molecule has 0 aromatic carbocycles. The molecule has 59 valence electrons. The molecule has 0 aromatic rings. The van der Waals surface area contributed by atoms with Gasteiger partial charge in [0.15, 0.2) is 0 Å². The molecule has 0 unspecified atom stereocenters. The van der Waals surface area contributed by atoms with E-state index in [1.165, 1.54) is 6.21 Å². The Kier molecular flexibility index (Phi) is 4.08. The molecule has 0 aliphatic heterocycles. The van der Waals surface area contributed by atoms with Crippen molar-refractivity contribution in [3.63, 3.8) is 0 Å². The number of oxime groups is 1. The minimum Gasteiger partial charge on any atom is -0.396 e. The molecule has 0 aliphatic rings. The Hall–Kier alpha value is -0.530. The third kappa shape index (κ3) is 7.47. The van der Waals surface area contributed by atoms with Crippen LogP contribution in [0.5, 0.6) is 0 Å². The van der Waals surface area contributed by atoms with E-state index in [4.69, 9.17) is 4.84 Å². The molecule has 0 amide bonds. The molecule has 0 atom stereocenters. The monoisotopic (exact) mass is 142 g/mol. The Morgan fingerprint density at radius 3 is 2.50 bits per heavy atom. The molecule has 0 saturated carbocycles. The van der Waals surface area contributed by atoms with Crippen LogP contribution in [0.15, 0.2) is 5.16 Å². The van der Waals surface area contributed by atoms with E-state index >= 15 is 0 Å². The fourth-order valence-electron chi connectivity index (χ4n) is 0.457. The van der Waals surface area contributed by atoms with Crippen LogP contribution in [0.4, 0.5) is 0 Å². The molecule has 0 saturated heterocycles. The van der Waals surface area contributed by atoms with E-state index in [9.17, 15) is 0 Å². The molecule has 0 rings (SSSR count). The van der Waals surface area contributed by atoms with Crippen LogP contribution in [0.25, 0.3) is 0 Å². The molecule has 0 aromatic heterocycles. The summed E-state index contributed by atoms with van der Waals surface area (Å²) in [5.74, 6) is 0. The number of nitrogens with zero attached hydrogens (tertiary/aromatic N) is 1. The first-order valence-electron chi connectivity index (χ1n) is 3.49. The lowest BCUT2D eigenvalue weighted by Crippen LogP contribution is -2.07. The summed E-state index contributed by atoms with van der Waals surface area (Å²) in [6, 6.07) is 0. The van der Waals surface area contributed by atoms with Gasteiger partial charge in [0.25, 0.3) is 0 Å². The maximum Gasteiger partial charge on any atom is 0.117 e. The van der Waals surface area contributed by atoms with E-state index < -0.39 is 0 Å². The SMILES string of the molecule is [CH2]C=NOCCC(C)(C)C. The van der Waals surface area contributed by atoms with Crippen molar-refractivity contribution < 1.29 is 4.84 Å². The third-order valence-electron chi connectivity index (χ3n) is 1.09. The normalized spacial score (nSPS) is 12.4. The number of rotatable bonds is 3. The lowest BCUT2D eigenvalue weighted by atomic mass is 9.93. The highest BCUT2D eigenvalue weighted by atomic mass is 16.6. The number of hydrogen-bond acceptors (Lipinski definition) is 2. The van der Waals surface area contributed by atoms with Crippen LogP contribution in [-0.4, -0.2) is 12.8 Å². The van der Waals surface area contributed by atoms with Crippen molar-refractivity contribution in [2.45, 2.75) is 27.2 Å². The summed E-state index contributed by atoms with van der Waals surface area (Å²) in [6.07, 6.45) is 2.42. The highest BCUT2D eigenvalue weighted by molar-refractivity contribution is 5.60. The van der Waals surface area contributed by atoms with Gasteiger partial charge in [-0.3, -0.25) is 0 Å². The van der Waals surface area contributed by atoms with Crippen LogP contribution in [0.2, 0.25) is 0 Å². The van der Waals surface area contributed by atoms with E-state index in [1.54, 1.807) is 0 Å². The molecule has 2 heteroatoms. The first-order chi connectivity index (χ1) is 4.56. The Labute approximate surface area is 63.3 Å². The fraction of sp³-hybridized carbons (Fsp3) is 0.750. The van der Waals surface area contributed by atoms with Crippen LogP contribution < -0.4 is 0 Å². The summed E-state index contributed by atoms with van der Waals surface area (Å²) in [4.78, 5) is 4.87. The summed E-state index contributed by atoms with van der Waals surface area (Å²) in [5, 5.41) is 3.54. The van der Waals surface area contributed by atoms with Crippen LogP contribution in [0.3, 0.4) is 0 Å². The zero-order valence-electron chi connectivity index (χ0n) is 7.05. The van der Waals surface area contributed by atoms with E-state index in [2.05, 4.69) is 32.9 Å². The van der Waals surface area contributed by atoms with E-state index in [1.807, 2.05) is 0 Å². The van der Waals surface area contributed by atoms with Gasteiger partial charge in [0.05, 0.1) is 0 Å². The van der Waals surface area contributed by atoms with E-state index in [-0.39, 0.29) is 0 Å². The van der Waals surface area contributed by atoms with Crippen molar-refractivity contribution in [3.05, 3.63) is 6.92 Å². The van der Waals surface area contributed by atoms with Crippen LogP contribution in [0, 0.1) is 12.3 Å². The maximum absolute atomic E-state index is 4.87. The highest BCUT2D eigenvalue weighted by Crippen LogP contribution is 2.17. The van der Waals surface area contributed by atoms with Crippen LogP contribution in [-0.2, 0) is 4.84 Å². The van der Waals surface area contributed by atoms with Gasteiger partial charge >= 0.3 is 0 Å². The first kappa shape index (κ1) is 9.47. The molecule has 0 N–H and O–H groups in total. The van der Waals surface area contributed by atoms with Crippen molar-refractivity contribution in [2.75, 3.05) is 6.61 Å². The van der Waals surface area contributed by atoms with Crippen LogP contribution >= 0.6 is 0 Å². The molecule has 0 heterocycles. The maximum atomic E-state index is 4.87. The molecule has 0 spiro atoms. The second-order valence-corrected chi connectivity index (χ2v) is 3.43. The van der Waals surface area contributed by atoms with Gasteiger partial charge in [-0.1, -0.05) is 25.9 Å². The second kappa shape index (κ2) is 4.31. The predicted octanol–water partition coefficient (Wildman–Crippen LogP) is 2.26. The standard InChI is InChI=1S/C8H16NO/c1-5-9-10-7-6-8(2,3)4/h5H,1,6-7H2,2-4H3. The van der Waals surface area contributed by atoms with Crippen molar-refractivity contribution in [1.82, 2.24) is 0 Å². The summed E-state index contributed by atoms with van der Waals surface area (Å²) in [6.45, 7) is 10.6. The van der Waals surface area contributed by atoms with Crippen molar-refractivity contribution in [3.8, 4) is 0 Å². The first-order valence-corrected chi connectivity index (χ1v) is 3.49.